The van der Waals surface area contributed by atoms with Crippen LogP contribution in [-0.4, -0.2) is 15.0 Å². The molecule has 2 heterocycles. The van der Waals surface area contributed by atoms with Gasteiger partial charge in [0.1, 0.15) is 0 Å². The molecule has 0 saturated carbocycles. The molecule has 16 heavy (non-hydrogen) atoms. The number of nitrogens with two attached hydrogens (primary N) is 1. The van der Waals surface area contributed by atoms with Gasteiger partial charge in [-0.25, -0.2) is 9.97 Å². The van der Waals surface area contributed by atoms with Gasteiger partial charge in [0, 0.05) is 23.1 Å². The van der Waals surface area contributed by atoms with Gasteiger partial charge < -0.3 is 5.73 Å². The highest BCUT2D eigenvalue weighted by Crippen LogP contribution is 2.12. The molecule has 0 bridgehead atoms. The zero-order valence-electron chi connectivity index (χ0n) is 8.34. The highest BCUT2D eigenvalue weighted by Gasteiger charge is 1.92. The maximum absolute atomic E-state index is 5.48. The number of hydrogen-bond donors (Lipinski definition) is 1. The molecule has 0 radical (unpaired) electrons. The summed E-state index contributed by atoms with van der Waals surface area (Å²) in [7, 11) is 0. The minimum atomic E-state index is 0.273. The molecule has 0 spiro atoms. The van der Waals surface area contributed by atoms with Crippen molar-refractivity contribution in [2.75, 3.05) is 5.73 Å². The molecule has 0 aliphatic carbocycles. The number of halogens is 1. The van der Waals surface area contributed by atoms with Crippen molar-refractivity contribution in [3.63, 3.8) is 0 Å². The zero-order valence-corrected chi connectivity index (χ0v) is 9.92. The van der Waals surface area contributed by atoms with Crippen LogP contribution in [0.3, 0.4) is 0 Å². The van der Waals surface area contributed by atoms with E-state index in [-0.39, 0.29) is 5.95 Å². The van der Waals surface area contributed by atoms with E-state index in [1.165, 1.54) is 0 Å². The topological polar surface area (TPSA) is 64.7 Å². The quantitative estimate of drug-likeness (QED) is 0.915. The summed E-state index contributed by atoms with van der Waals surface area (Å²) in [5.74, 6) is 0.273. The van der Waals surface area contributed by atoms with Crippen molar-refractivity contribution >= 4 is 34.0 Å². The summed E-state index contributed by atoms with van der Waals surface area (Å²) < 4.78 is 0.942. The third-order valence-corrected chi connectivity index (χ3v) is 2.30. The van der Waals surface area contributed by atoms with Crippen LogP contribution in [0.25, 0.3) is 12.2 Å². The smallest absolute Gasteiger partial charge is 0.220 e. The summed E-state index contributed by atoms with van der Waals surface area (Å²) in [6, 6.07) is 3.76. The molecule has 0 aliphatic rings. The second-order valence-electron chi connectivity index (χ2n) is 3.11. The van der Waals surface area contributed by atoms with E-state index in [0.717, 1.165) is 15.7 Å². The lowest BCUT2D eigenvalue weighted by Crippen LogP contribution is -1.94. The van der Waals surface area contributed by atoms with E-state index in [0.29, 0.717) is 0 Å². The first-order chi connectivity index (χ1) is 7.74. The molecule has 0 atom stereocenters. The van der Waals surface area contributed by atoms with Gasteiger partial charge in [-0.15, -0.1) is 0 Å². The number of nitrogen functional groups attached to an aromatic ring is 1. The normalized spacial score (nSPS) is 10.8. The van der Waals surface area contributed by atoms with Crippen LogP contribution >= 0.6 is 15.9 Å². The van der Waals surface area contributed by atoms with Gasteiger partial charge in [-0.2, -0.15) is 0 Å². The highest BCUT2D eigenvalue weighted by molar-refractivity contribution is 9.10. The van der Waals surface area contributed by atoms with Crippen molar-refractivity contribution in [3.8, 4) is 0 Å². The summed E-state index contributed by atoms with van der Waals surface area (Å²) in [4.78, 5) is 11.9. The predicted molar refractivity (Wildman–Crippen MR) is 67.3 cm³/mol. The van der Waals surface area contributed by atoms with Crippen LogP contribution in [0.2, 0.25) is 0 Å². The Balaban J connectivity index is 2.21. The summed E-state index contributed by atoms with van der Waals surface area (Å²) >= 11 is 3.36. The van der Waals surface area contributed by atoms with Crippen LogP contribution in [0.5, 0.6) is 0 Å². The van der Waals surface area contributed by atoms with Gasteiger partial charge in [-0.05, 0) is 39.7 Å². The standard InChI is InChI=1S/C11H9BrN4/c12-9-5-8(6-14-7-9)1-2-10-3-4-15-11(13)16-10/h1-7H,(H2,13,15,16). The number of hydrogen-bond acceptors (Lipinski definition) is 4. The number of rotatable bonds is 2. The first-order valence-corrected chi connectivity index (χ1v) is 5.40. The second-order valence-corrected chi connectivity index (χ2v) is 4.03. The van der Waals surface area contributed by atoms with Gasteiger partial charge in [0.05, 0.1) is 5.69 Å². The molecule has 2 aromatic heterocycles. The third-order valence-electron chi connectivity index (χ3n) is 1.87. The van der Waals surface area contributed by atoms with E-state index in [1.54, 1.807) is 24.7 Å². The van der Waals surface area contributed by atoms with Crippen LogP contribution in [0.4, 0.5) is 5.95 Å². The Bertz CT molecular complexity index is 477. The summed E-state index contributed by atoms with van der Waals surface area (Å²) in [5.41, 5.74) is 7.24. The number of aromatic nitrogens is 3. The van der Waals surface area contributed by atoms with Crippen molar-refractivity contribution in [2.24, 2.45) is 0 Å². The van der Waals surface area contributed by atoms with Crippen molar-refractivity contribution in [1.29, 1.82) is 0 Å². The van der Waals surface area contributed by atoms with Gasteiger partial charge in [-0.3, -0.25) is 4.98 Å². The number of pyridine rings is 1. The fourth-order valence-electron chi connectivity index (χ4n) is 1.18. The minimum Gasteiger partial charge on any atom is -0.368 e. The van der Waals surface area contributed by atoms with Crippen LogP contribution in [0.1, 0.15) is 11.3 Å². The van der Waals surface area contributed by atoms with Gasteiger partial charge in [-0.1, -0.05) is 6.08 Å². The molecule has 0 amide bonds. The Morgan fingerprint density at radius 3 is 2.88 bits per heavy atom. The first kappa shape index (κ1) is 10.8. The lowest BCUT2D eigenvalue weighted by molar-refractivity contribution is 1.17. The molecule has 2 rings (SSSR count). The molecule has 0 aromatic carbocycles. The fraction of sp³-hybridized carbons (Fsp3) is 0. The second kappa shape index (κ2) is 4.85. The van der Waals surface area contributed by atoms with Crippen LogP contribution in [0.15, 0.2) is 35.2 Å². The summed E-state index contributed by atoms with van der Waals surface area (Å²) in [6.07, 6.45) is 8.91. The Labute approximate surface area is 101 Å². The van der Waals surface area contributed by atoms with E-state index in [9.17, 15) is 0 Å². The van der Waals surface area contributed by atoms with E-state index in [2.05, 4.69) is 30.9 Å². The van der Waals surface area contributed by atoms with Gasteiger partial charge in [0.2, 0.25) is 5.95 Å². The summed E-state index contributed by atoms with van der Waals surface area (Å²) in [6.45, 7) is 0. The molecular weight excluding hydrogens is 268 g/mol. The minimum absolute atomic E-state index is 0.273. The lowest BCUT2D eigenvalue weighted by atomic mass is 10.2. The molecule has 0 unspecified atom stereocenters. The van der Waals surface area contributed by atoms with Gasteiger partial charge >= 0.3 is 0 Å². The Morgan fingerprint density at radius 1 is 1.25 bits per heavy atom. The molecule has 2 aromatic rings. The van der Waals surface area contributed by atoms with Crippen molar-refractivity contribution < 1.29 is 0 Å². The molecule has 0 fully saturated rings. The van der Waals surface area contributed by atoms with Gasteiger partial charge in [0.15, 0.2) is 0 Å². The molecule has 0 saturated heterocycles. The van der Waals surface area contributed by atoms with E-state index in [4.69, 9.17) is 5.73 Å². The van der Waals surface area contributed by atoms with E-state index >= 15 is 0 Å². The predicted octanol–water partition coefficient (Wildman–Crippen LogP) is 2.39. The van der Waals surface area contributed by atoms with E-state index < -0.39 is 0 Å². The monoisotopic (exact) mass is 276 g/mol. The molecule has 4 nitrogen and oxygen atoms in total. The first-order valence-electron chi connectivity index (χ1n) is 4.61. The third kappa shape index (κ3) is 2.87. The molecule has 0 aliphatic heterocycles. The maximum atomic E-state index is 5.48. The number of nitrogens with zero attached hydrogens (tertiary/aromatic N) is 3. The van der Waals surface area contributed by atoms with Crippen molar-refractivity contribution in [1.82, 2.24) is 15.0 Å². The average Bonchev–Trinajstić information content (AvgIpc) is 2.27. The molecule has 80 valence electrons. The largest absolute Gasteiger partial charge is 0.368 e. The van der Waals surface area contributed by atoms with Gasteiger partial charge in [0.25, 0.3) is 0 Å². The van der Waals surface area contributed by atoms with E-state index in [1.807, 2.05) is 18.2 Å². The maximum Gasteiger partial charge on any atom is 0.220 e. The Morgan fingerprint density at radius 2 is 2.12 bits per heavy atom. The fourth-order valence-corrected chi connectivity index (χ4v) is 1.56. The SMILES string of the molecule is Nc1nccc(C=Cc2cncc(Br)c2)n1. The molecule has 5 heteroatoms. The Kier molecular flexibility index (Phi) is 3.26. The summed E-state index contributed by atoms with van der Waals surface area (Å²) in [5, 5.41) is 0. The Hall–Kier alpha value is -1.75. The molecular formula is C11H9BrN4. The van der Waals surface area contributed by atoms with Crippen molar-refractivity contribution in [3.05, 3.63) is 46.5 Å². The zero-order chi connectivity index (χ0) is 11.4. The van der Waals surface area contributed by atoms with Crippen molar-refractivity contribution in [2.45, 2.75) is 0 Å². The van der Waals surface area contributed by atoms with Crippen LogP contribution < -0.4 is 5.73 Å². The molecule has 2 N–H and O–H groups in total. The average molecular weight is 277 g/mol. The van der Waals surface area contributed by atoms with Crippen LogP contribution in [-0.2, 0) is 0 Å². The number of anilines is 1. The van der Waals surface area contributed by atoms with Crippen LogP contribution in [0, 0.1) is 0 Å². The highest BCUT2D eigenvalue weighted by atomic mass is 79.9. The lowest BCUT2D eigenvalue weighted by Gasteiger charge is -1.95.